The van der Waals surface area contributed by atoms with Crippen LogP contribution in [-0.2, 0) is 4.74 Å². The molecule has 0 bridgehead atoms. The fourth-order valence-electron chi connectivity index (χ4n) is 1.17. The molecule has 12 heavy (non-hydrogen) atoms. The molecule has 1 nitrogen and oxygen atoms in total. The summed E-state index contributed by atoms with van der Waals surface area (Å²) in [5.41, 5.74) is 0. The van der Waals surface area contributed by atoms with Crippen LogP contribution in [0.15, 0.2) is 12.7 Å². The van der Waals surface area contributed by atoms with Crippen LogP contribution in [0.4, 0.5) is 0 Å². The molecule has 0 aromatic rings. The first-order valence-electron chi connectivity index (χ1n) is 5.03. The predicted octanol–water partition coefficient (Wildman–Crippen LogP) is 3.55. The van der Waals surface area contributed by atoms with Gasteiger partial charge in [-0.2, -0.15) is 0 Å². The summed E-state index contributed by atoms with van der Waals surface area (Å²) in [6, 6.07) is 0. The number of unbranched alkanes of at least 4 members (excludes halogenated alkanes) is 3. The first kappa shape index (κ1) is 11.7. The summed E-state index contributed by atoms with van der Waals surface area (Å²) < 4.78 is 5.45. The minimum Gasteiger partial charge on any atom is -0.374 e. The van der Waals surface area contributed by atoms with E-state index in [1.54, 1.807) is 0 Å². The highest BCUT2D eigenvalue weighted by Crippen LogP contribution is 2.07. The van der Waals surface area contributed by atoms with Crippen LogP contribution in [-0.4, -0.2) is 12.7 Å². The van der Waals surface area contributed by atoms with E-state index in [-0.39, 0.29) is 0 Å². The van der Waals surface area contributed by atoms with E-state index in [1.165, 1.54) is 32.1 Å². The van der Waals surface area contributed by atoms with Gasteiger partial charge in [0.15, 0.2) is 0 Å². The summed E-state index contributed by atoms with van der Waals surface area (Å²) >= 11 is 0. The van der Waals surface area contributed by atoms with Crippen molar-refractivity contribution in [2.45, 2.75) is 52.1 Å². The van der Waals surface area contributed by atoms with Gasteiger partial charge in [-0.1, -0.05) is 38.7 Å². The molecule has 0 aliphatic heterocycles. The standard InChI is InChI=1S/C11H22O/c1-4-6-7-8-9-11(3)12-10-5-2/h5,11H,2,4,6-10H2,1,3H3/t11-/m1/s1. The van der Waals surface area contributed by atoms with Crippen molar-refractivity contribution >= 4 is 0 Å². The van der Waals surface area contributed by atoms with E-state index < -0.39 is 0 Å². The summed E-state index contributed by atoms with van der Waals surface area (Å²) in [5.74, 6) is 0. The lowest BCUT2D eigenvalue weighted by Crippen LogP contribution is -2.07. The molecule has 0 aromatic carbocycles. The highest BCUT2D eigenvalue weighted by Gasteiger charge is 1.99. The minimum atomic E-state index is 0.403. The Morgan fingerprint density at radius 3 is 2.67 bits per heavy atom. The lowest BCUT2D eigenvalue weighted by atomic mass is 10.1. The largest absolute Gasteiger partial charge is 0.374 e. The Labute approximate surface area is 76.8 Å². The molecule has 0 saturated heterocycles. The second-order valence-corrected chi connectivity index (χ2v) is 3.28. The Morgan fingerprint density at radius 2 is 2.08 bits per heavy atom. The normalized spacial score (nSPS) is 12.8. The van der Waals surface area contributed by atoms with Crippen molar-refractivity contribution in [3.8, 4) is 0 Å². The second kappa shape index (κ2) is 8.79. The summed E-state index contributed by atoms with van der Waals surface area (Å²) in [5, 5.41) is 0. The summed E-state index contributed by atoms with van der Waals surface area (Å²) in [4.78, 5) is 0. The van der Waals surface area contributed by atoms with Gasteiger partial charge in [0.1, 0.15) is 0 Å². The van der Waals surface area contributed by atoms with Gasteiger partial charge in [-0.05, 0) is 13.3 Å². The van der Waals surface area contributed by atoms with E-state index in [4.69, 9.17) is 4.74 Å². The SMILES string of the molecule is C=CCO[C@H](C)CCCCCC. The van der Waals surface area contributed by atoms with Crippen molar-refractivity contribution in [2.75, 3.05) is 6.61 Å². The molecule has 0 amide bonds. The van der Waals surface area contributed by atoms with Crippen LogP contribution in [0.25, 0.3) is 0 Å². The smallest absolute Gasteiger partial charge is 0.0648 e. The van der Waals surface area contributed by atoms with Gasteiger partial charge in [-0.15, -0.1) is 6.58 Å². The van der Waals surface area contributed by atoms with Gasteiger partial charge in [0.25, 0.3) is 0 Å². The predicted molar refractivity (Wildman–Crippen MR) is 54.4 cm³/mol. The first-order valence-corrected chi connectivity index (χ1v) is 5.03. The minimum absolute atomic E-state index is 0.403. The van der Waals surface area contributed by atoms with Crippen LogP contribution in [0.2, 0.25) is 0 Å². The molecule has 0 aliphatic carbocycles. The number of ether oxygens (including phenoxy) is 1. The van der Waals surface area contributed by atoms with Crippen molar-refractivity contribution in [3.63, 3.8) is 0 Å². The molecule has 0 spiro atoms. The average Bonchev–Trinajstić information content (AvgIpc) is 2.09. The summed E-state index contributed by atoms with van der Waals surface area (Å²) in [6.07, 6.45) is 8.71. The Bertz CT molecular complexity index is 99.2. The lowest BCUT2D eigenvalue weighted by Gasteiger charge is -2.10. The van der Waals surface area contributed by atoms with Crippen LogP contribution >= 0.6 is 0 Å². The van der Waals surface area contributed by atoms with Gasteiger partial charge >= 0.3 is 0 Å². The molecular weight excluding hydrogens is 148 g/mol. The van der Waals surface area contributed by atoms with Crippen LogP contribution in [0.5, 0.6) is 0 Å². The van der Waals surface area contributed by atoms with Crippen molar-refractivity contribution < 1.29 is 4.74 Å². The molecule has 72 valence electrons. The second-order valence-electron chi connectivity index (χ2n) is 3.28. The molecule has 0 fully saturated rings. The third kappa shape index (κ3) is 7.80. The number of hydrogen-bond donors (Lipinski definition) is 0. The average molecular weight is 170 g/mol. The van der Waals surface area contributed by atoms with E-state index in [1.807, 2.05) is 6.08 Å². The Hall–Kier alpha value is -0.300. The monoisotopic (exact) mass is 170 g/mol. The number of hydrogen-bond acceptors (Lipinski definition) is 1. The van der Waals surface area contributed by atoms with Gasteiger partial charge in [0.05, 0.1) is 12.7 Å². The molecule has 1 heteroatoms. The van der Waals surface area contributed by atoms with E-state index in [2.05, 4.69) is 20.4 Å². The fraction of sp³-hybridized carbons (Fsp3) is 0.818. The molecule has 0 N–H and O–H groups in total. The van der Waals surface area contributed by atoms with Crippen molar-refractivity contribution in [3.05, 3.63) is 12.7 Å². The molecule has 0 unspecified atom stereocenters. The quantitative estimate of drug-likeness (QED) is 0.400. The molecule has 1 atom stereocenters. The lowest BCUT2D eigenvalue weighted by molar-refractivity contribution is 0.0799. The molecule has 0 radical (unpaired) electrons. The van der Waals surface area contributed by atoms with Crippen LogP contribution < -0.4 is 0 Å². The summed E-state index contributed by atoms with van der Waals surface area (Å²) in [7, 11) is 0. The van der Waals surface area contributed by atoms with Crippen LogP contribution in [0, 0.1) is 0 Å². The maximum absolute atomic E-state index is 5.45. The zero-order valence-corrected chi connectivity index (χ0v) is 8.51. The van der Waals surface area contributed by atoms with E-state index in [0.29, 0.717) is 12.7 Å². The highest BCUT2D eigenvalue weighted by molar-refractivity contribution is 4.65. The first-order chi connectivity index (χ1) is 5.81. The topological polar surface area (TPSA) is 9.23 Å². The zero-order valence-electron chi connectivity index (χ0n) is 8.51. The van der Waals surface area contributed by atoms with Gasteiger partial charge in [-0.25, -0.2) is 0 Å². The summed E-state index contributed by atoms with van der Waals surface area (Å²) in [6.45, 7) is 8.67. The fourth-order valence-corrected chi connectivity index (χ4v) is 1.17. The van der Waals surface area contributed by atoms with Gasteiger partial charge < -0.3 is 4.74 Å². The Morgan fingerprint density at radius 1 is 1.33 bits per heavy atom. The molecule has 0 rings (SSSR count). The van der Waals surface area contributed by atoms with Crippen molar-refractivity contribution in [1.29, 1.82) is 0 Å². The molecule has 0 aliphatic rings. The molecular formula is C11H22O. The van der Waals surface area contributed by atoms with Crippen molar-refractivity contribution in [2.24, 2.45) is 0 Å². The van der Waals surface area contributed by atoms with Crippen LogP contribution in [0.1, 0.15) is 46.0 Å². The number of rotatable bonds is 8. The molecule has 0 aromatic heterocycles. The van der Waals surface area contributed by atoms with E-state index >= 15 is 0 Å². The zero-order chi connectivity index (χ0) is 9.23. The Balaban J connectivity index is 3.07. The third-order valence-corrected chi connectivity index (χ3v) is 1.96. The Kier molecular flexibility index (Phi) is 8.57. The van der Waals surface area contributed by atoms with E-state index in [0.717, 1.165) is 0 Å². The van der Waals surface area contributed by atoms with Gasteiger partial charge in [0, 0.05) is 0 Å². The molecule has 0 heterocycles. The maximum atomic E-state index is 5.45. The highest BCUT2D eigenvalue weighted by atomic mass is 16.5. The van der Waals surface area contributed by atoms with Gasteiger partial charge in [-0.3, -0.25) is 0 Å². The van der Waals surface area contributed by atoms with Crippen molar-refractivity contribution in [1.82, 2.24) is 0 Å². The maximum Gasteiger partial charge on any atom is 0.0648 e. The van der Waals surface area contributed by atoms with Crippen LogP contribution in [0.3, 0.4) is 0 Å². The van der Waals surface area contributed by atoms with E-state index in [9.17, 15) is 0 Å². The molecule has 0 saturated carbocycles. The van der Waals surface area contributed by atoms with Gasteiger partial charge in [0.2, 0.25) is 0 Å². The third-order valence-electron chi connectivity index (χ3n) is 1.96.